The number of aliphatic hydroxyl groups is 1. The van der Waals surface area contributed by atoms with Gasteiger partial charge in [0.1, 0.15) is 5.75 Å². The van der Waals surface area contributed by atoms with E-state index in [-0.39, 0.29) is 11.5 Å². The Morgan fingerprint density at radius 3 is 2.50 bits per heavy atom. The van der Waals surface area contributed by atoms with Crippen LogP contribution in [0.5, 0.6) is 5.75 Å². The van der Waals surface area contributed by atoms with E-state index < -0.39 is 11.7 Å². The second kappa shape index (κ2) is 5.21. The predicted molar refractivity (Wildman–Crippen MR) is 80.3 cm³/mol. The van der Waals surface area contributed by atoms with Gasteiger partial charge in [0.2, 0.25) is 0 Å². The van der Waals surface area contributed by atoms with Gasteiger partial charge in [0.25, 0.3) is 0 Å². The second-order valence-corrected chi connectivity index (χ2v) is 6.98. The van der Waals surface area contributed by atoms with Gasteiger partial charge in [-0.3, -0.25) is 0 Å². The summed E-state index contributed by atoms with van der Waals surface area (Å²) in [7, 11) is 1.59. The number of rotatable bonds is 3. The highest BCUT2D eigenvalue weighted by Gasteiger charge is 2.49. The van der Waals surface area contributed by atoms with Gasteiger partial charge in [0.15, 0.2) is 0 Å². The van der Waals surface area contributed by atoms with Crippen LogP contribution in [-0.4, -0.2) is 23.4 Å². The van der Waals surface area contributed by atoms with Crippen LogP contribution in [0.3, 0.4) is 0 Å². The summed E-state index contributed by atoms with van der Waals surface area (Å²) in [6.07, 6.45) is 0.0608. The summed E-state index contributed by atoms with van der Waals surface area (Å²) in [6.45, 7) is 8.12. The summed E-state index contributed by atoms with van der Waals surface area (Å²) in [5, 5.41) is 11.4. The lowest BCUT2D eigenvalue weighted by Gasteiger charge is -2.31. The summed E-state index contributed by atoms with van der Waals surface area (Å²) in [5.41, 5.74) is -0.00690. The molecule has 1 saturated heterocycles. The van der Waals surface area contributed by atoms with Gasteiger partial charge in [-0.05, 0) is 46.2 Å². The molecule has 4 heteroatoms. The Labute approximate surface area is 125 Å². The molecule has 0 saturated carbocycles. The Balaban J connectivity index is 2.40. The normalized spacial score (nSPS) is 25.4. The molecule has 1 aliphatic rings. The molecule has 0 spiro atoms. The zero-order valence-corrected chi connectivity index (χ0v) is 13.5. The van der Waals surface area contributed by atoms with Gasteiger partial charge in [0.05, 0.1) is 29.4 Å². The first-order valence-electron chi connectivity index (χ1n) is 6.88. The number of halogens is 1. The molecule has 1 fully saturated rings. The van der Waals surface area contributed by atoms with Crippen molar-refractivity contribution >= 4 is 11.6 Å². The van der Waals surface area contributed by atoms with Crippen molar-refractivity contribution in [2.75, 3.05) is 7.11 Å². The van der Waals surface area contributed by atoms with Crippen molar-refractivity contribution in [3.8, 4) is 5.75 Å². The monoisotopic (exact) mass is 298 g/mol. The third-order valence-corrected chi connectivity index (χ3v) is 4.38. The molecular weight excluding hydrogens is 276 g/mol. The highest BCUT2D eigenvalue weighted by atomic mass is 35.5. The van der Waals surface area contributed by atoms with Crippen molar-refractivity contribution in [1.29, 1.82) is 0 Å². The lowest BCUT2D eigenvalue weighted by atomic mass is 9.80. The van der Waals surface area contributed by atoms with E-state index in [0.29, 0.717) is 16.3 Å². The van der Waals surface area contributed by atoms with Crippen molar-refractivity contribution in [1.82, 2.24) is 0 Å². The molecule has 1 N–H and O–H groups in total. The lowest BCUT2D eigenvalue weighted by Crippen LogP contribution is -2.32. The maximum Gasteiger partial charge on any atom is 0.126 e. The Bertz CT molecular complexity index is 496. The van der Waals surface area contributed by atoms with E-state index in [1.165, 1.54) is 0 Å². The van der Waals surface area contributed by atoms with Gasteiger partial charge < -0.3 is 14.6 Å². The minimum atomic E-state index is -0.713. The highest BCUT2D eigenvalue weighted by Crippen LogP contribution is 2.50. The summed E-state index contributed by atoms with van der Waals surface area (Å²) in [4.78, 5) is 0. The molecule has 2 atom stereocenters. The fourth-order valence-corrected chi connectivity index (χ4v) is 3.56. The van der Waals surface area contributed by atoms with Crippen LogP contribution in [0.15, 0.2) is 18.2 Å². The second-order valence-electron chi connectivity index (χ2n) is 6.58. The summed E-state index contributed by atoms with van der Waals surface area (Å²) >= 11 is 6.26. The van der Waals surface area contributed by atoms with Gasteiger partial charge in [-0.2, -0.15) is 0 Å². The molecule has 1 aliphatic heterocycles. The molecule has 3 nitrogen and oxygen atoms in total. The SMILES string of the molecule is COc1cccc(Cl)c1C(O)C1CC(C)(C)OC1(C)C. The van der Waals surface area contributed by atoms with Crippen molar-refractivity contribution < 1.29 is 14.6 Å². The summed E-state index contributed by atoms with van der Waals surface area (Å²) in [5.74, 6) is 0.580. The predicted octanol–water partition coefficient (Wildman–Crippen LogP) is 3.98. The van der Waals surface area contributed by atoms with Crippen molar-refractivity contribution in [2.24, 2.45) is 5.92 Å². The first-order chi connectivity index (χ1) is 9.18. The van der Waals surface area contributed by atoms with Crippen molar-refractivity contribution in [3.63, 3.8) is 0 Å². The molecule has 112 valence electrons. The van der Waals surface area contributed by atoms with E-state index >= 15 is 0 Å². The number of hydrogen-bond donors (Lipinski definition) is 1. The minimum Gasteiger partial charge on any atom is -0.496 e. The van der Waals surface area contributed by atoms with Gasteiger partial charge in [-0.1, -0.05) is 17.7 Å². The molecule has 2 unspecified atom stereocenters. The molecule has 0 radical (unpaired) electrons. The number of benzene rings is 1. The molecule has 0 amide bonds. The molecule has 1 aromatic carbocycles. The smallest absolute Gasteiger partial charge is 0.126 e. The zero-order valence-electron chi connectivity index (χ0n) is 12.7. The molecule has 1 aromatic rings. The largest absolute Gasteiger partial charge is 0.496 e. The lowest BCUT2D eigenvalue weighted by molar-refractivity contribution is -0.0881. The number of methoxy groups -OCH3 is 1. The molecule has 1 heterocycles. The van der Waals surface area contributed by atoms with Crippen LogP contribution < -0.4 is 4.74 Å². The van der Waals surface area contributed by atoms with Crippen LogP contribution in [0.4, 0.5) is 0 Å². The first-order valence-corrected chi connectivity index (χ1v) is 7.26. The van der Waals surface area contributed by atoms with E-state index in [9.17, 15) is 5.11 Å². The van der Waals surface area contributed by atoms with E-state index in [0.717, 1.165) is 6.42 Å². The Kier molecular flexibility index (Phi) is 4.07. The fourth-order valence-electron chi connectivity index (χ4n) is 3.28. The van der Waals surface area contributed by atoms with Crippen LogP contribution in [0.25, 0.3) is 0 Å². The quantitative estimate of drug-likeness (QED) is 0.917. The number of ether oxygens (including phenoxy) is 2. The van der Waals surface area contributed by atoms with Crippen LogP contribution >= 0.6 is 11.6 Å². The van der Waals surface area contributed by atoms with Crippen LogP contribution in [0.2, 0.25) is 5.02 Å². The third-order valence-electron chi connectivity index (χ3n) is 4.05. The van der Waals surface area contributed by atoms with Crippen LogP contribution in [0, 0.1) is 5.92 Å². The van der Waals surface area contributed by atoms with Gasteiger partial charge in [-0.25, -0.2) is 0 Å². The average molecular weight is 299 g/mol. The third kappa shape index (κ3) is 2.80. The van der Waals surface area contributed by atoms with Crippen LogP contribution in [-0.2, 0) is 4.74 Å². The number of aliphatic hydroxyl groups excluding tert-OH is 1. The summed E-state index contributed by atoms with van der Waals surface area (Å²) in [6, 6.07) is 5.41. The molecular formula is C16H23ClO3. The van der Waals surface area contributed by atoms with Crippen molar-refractivity contribution in [3.05, 3.63) is 28.8 Å². The minimum absolute atomic E-state index is 0.0358. The van der Waals surface area contributed by atoms with Crippen molar-refractivity contribution in [2.45, 2.75) is 51.4 Å². The fraction of sp³-hybridized carbons (Fsp3) is 0.625. The molecule has 0 aliphatic carbocycles. The maximum absolute atomic E-state index is 10.8. The Morgan fingerprint density at radius 2 is 2.00 bits per heavy atom. The highest BCUT2D eigenvalue weighted by molar-refractivity contribution is 6.31. The van der Waals surface area contributed by atoms with E-state index in [1.807, 2.05) is 39.8 Å². The molecule has 20 heavy (non-hydrogen) atoms. The molecule has 0 bridgehead atoms. The Morgan fingerprint density at radius 1 is 1.35 bits per heavy atom. The van der Waals surface area contributed by atoms with E-state index in [4.69, 9.17) is 21.1 Å². The zero-order chi connectivity index (χ0) is 15.1. The van der Waals surface area contributed by atoms with Gasteiger partial charge in [-0.15, -0.1) is 0 Å². The topological polar surface area (TPSA) is 38.7 Å². The maximum atomic E-state index is 10.8. The first kappa shape index (κ1) is 15.6. The Hall–Kier alpha value is -0.770. The standard InChI is InChI=1S/C16H23ClO3/c1-15(2)9-10(16(3,4)20-15)14(18)13-11(17)7-6-8-12(13)19-5/h6-8,10,14,18H,9H2,1-5H3. The van der Waals surface area contributed by atoms with Crippen LogP contribution in [0.1, 0.15) is 45.8 Å². The molecule has 2 rings (SSSR count). The van der Waals surface area contributed by atoms with Gasteiger partial charge >= 0.3 is 0 Å². The summed E-state index contributed by atoms with van der Waals surface area (Å²) < 4.78 is 11.4. The van der Waals surface area contributed by atoms with E-state index in [1.54, 1.807) is 13.2 Å². The molecule has 0 aromatic heterocycles. The number of hydrogen-bond acceptors (Lipinski definition) is 3. The van der Waals surface area contributed by atoms with Gasteiger partial charge in [0, 0.05) is 11.5 Å². The average Bonchev–Trinajstić information content (AvgIpc) is 2.56. The van der Waals surface area contributed by atoms with E-state index in [2.05, 4.69) is 0 Å².